The van der Waals surface area contributed by atoms with Crippen molar-refractivity contribution in [3.8, 4) is 0 Å². The van der Waals surface area contributed by atoms with Gasteiger partial charge in [0.2, 0.25) is 0 Å². The molecular formula is C7H22Si3. The molecule has 0 radical (unpaired) electrons. The fraction of sp³-hybridized carbons (Fsp3) is 1.00. The summed E-state index contributed by atoms with van der Waals surface area (Å²) < 4.78 is 0. The number of rotatable bonds is 7. The van der Waals surface area contributed by atoms with Gasteiger partial charge in [0.05, 0.1) is 0 Å². The van der Waals surface area contributed by atoms with E-state index in [0.717, 1.165) is 0 Å². The molecule has 10 heavy (non-hydrogen) atoms. The minimum Gasteiger partial charge on any atom is -0.0657 e. The minimum atomic E-state index is 0.581. The molecule has 0 N–H and O–H groups in total. The maximum atomic E-state index is 2.34. The Kier molecular flexibility index (Phi) is 10.3. The topological polar surface area (TPSA) is 0 Å². The number of hydrogen-bond acceptors (Lipinski definition) is 0. The van der Waals surface area contributed by atoms with Crippen LogP contribution in [0.4, 0.5) is 0 Å². The predicted octanol–water partition coefficient (Wildman–Crippen LogP) is 0.369. The van der Waals surface area contributed by atoms with Gasteiger partial charge >= 0.3 is 0 Å². The molecule has 0 aromatic rings. The van der Waals surface area contributed by atoms with Gasteiger partial charge in [-0.25, -0.2) is 0 Å². The third-order valence-electron chi connectivity index (χ3n) is 1.96. The summed E-state index contributed by atoms with van der Waals surface area (Å²) in [5.74, 6) is 0. The van der Waals surface area contributed by atoms with E-state index in [-0.39, 0.29) is 0 Å². The van der Waals surface area contributed by atoms with Gasteiger partial charge in [-0.2, -0.15) is 0 Å². The van der Waals surface area contributed by atoms with Gasteiger partial charge in [-0.1, -0.05) is 45.2 Å². The summed E-state index contributed by atoms with van der Waals surface area (Å²) >= 11 is 0. The predicted molar refractivity (Wildman–Crippen MR) is 60.4 cm³/mol. The summed E-state index contributed by atoms with van der Waals surface area (Å²) in [5, 5.41) is 0. The largest absolute Gasteiger partial charge is 0.0657 e. The van der Waals surface area contributed by atoms with Gasteiger partial charge in [0.1, 0.15) is 0 Å². The highest BCUT2D eigenvalue weighted by molar-refractivity contribution is 7.29. The van der Waals surface area contributed by atoms with Crippen molar-refractivity contribution >= 4 is 26.6 Å². The Hall–Kier alpha value is 0.651. The first-order valence-electron chi connectivity index (χ1n) is 4.91. The van der Waals surface area contributed by atoms with Gasteiger partial charge in [-0.05, 0) is 8.55 Å². The normalized spacial score (nSPS) is 13.8. The number of hydrogen-bond donors (Lipinski definition) is 0. The molecule has 0 spiro atoms. The fourth-order valence-electron chi connectivity index (χ4n) is 1.21. The molecule has 0 heterocycles. The SMILES string of the molecule is CCCC[SiH2][SiH2][SiH2]CCC. The van der Waals surface area contributed by atoms with E-state index in [9.17, 15) is 0 Å². The lowest BCUT2D eigenvalue weighted by atomic mass is 10.4. The van der Waals surface area contributed by atoms with Gasteiger partial charge in [-0.3, -0.25) is 0 Å². The van der Waals surface area contributed by atoms with E-state index in [1.54, 1.807) is 18.5 Å². The highest BCUT2D eigenvalue weighted by Crippen LogP contribution is 1.92. The Morgan fingerprint density at radius 2 is 1.60 bits per heavy atom. The zero-order valence-electron chi connectivity index (χ0n) is 7.66. The summed E-state index contributed by atoms with van der Waals surface area (Å²) in [4.78, 5) is 0. The monoisotopic (exact) mass is 190 g/mol. The highest BCUT2D eigenvalue weighted by Gasteiger charge is 1.90. The molecule has 0 nitrogen and oxygen atoms in total. The maximum absolute atomic E-state index is 2.34. The maximum Gasteiger partial charge on any atom is 0.00493 e. The first-order valence-corrected chi connectivity index (χ1v) is 14.9. The lowest BCUT2D eigenvalue weighted by molar-refractivity contribution is 0.882. The third-order valence-corrected chi connectivity index (χ3v) is 20.2. The van der Waals surface area contributed by atoms with Crippen molar-refractivity contribution in [2.45, 2.75) is 45.2 Å². The van der Waals surface area contributed by atoms with Crippen LogP contribution in [0.3, 0.4) is 0 Å². The van der Waals surface area contributed by atoms with E-state index in [0.29, 0.717) is 26.6 Å². The van der Waals surface area contributed by atoms with Crippen molar-refractivity contribution in [1.29, 1.82) is 0 Å². The summed E-state index contributed by atoms with van der Waals surface area (Å²) in [7, 11) is 1.82. The van der Waals surface area contributed by atoms with Gasteiger partial charge in [-0.15, -0.1) is 0 Å². The van der Waals surface area contributed by atoms with Crippen molar-refractivity contribution in [1.82, 2.24) is 0 Å². The Labute approximate surface area is 72.2 Å². The zero-order chi connectivity index (χ0) is 7.66. The molecular weight excluding hydrogens is 168 g/mol. The van der Waals surface area contributed by atoms with Crippen LogP contribution in [0, 0.1) is 0 Å². The molecule has 3 heteroatoms. The molecule has 0 aliphatic heterocycles. The molecule has 0 saturated heterocycles. The van der Waals surface area contributed by atoms with Crippen LogP contribution >= 0.6 is 0 Å². The second-order valence-corrected chi connectivity index (χ2v) is 19.4. The molecule has 0 aromatic carbocycles. The fourth-order valence-corrected chi connectivity index (χ4v) is 18.9. The van der Waals surface area contributed by atoms with E-state index in [1.807, 2.05) is 0 Å². The van der Waals surface area contributed by atoms with E-state index in [2.05, 4.69) is 13.8 Å². The van der Waals surface area contributed by atoms with E-state index < -0.39 is 0 Å². The zero-order valence-corrected chi connectivity index (χ0v) is 11.9. The lowest BCUT2D eigenvalue weighted by Crippen LogP contribution is -2.11. The first kappa shape index (κ1) is 10.7. The molecule has 0 saturated carbocycles. The van der Waals surface area contributed by atoms with E-state index in [4.69, 9.17) is 0 Å². The molecule has 0 unspecified atom stereocenters. The quantitative estimate of drug-likeness (QED) is 0.402. The Bertz CT molecular complexity index is 48.8. The molecule has 0 amide bonds. The van der Waals surface area contributed by atoms with Crippen molar-refractivity contribution in [2.24, 2.45) is 0 Å². The smallest absolute Gasteiger partial charge is 0.00493 e. The molecule has 0 bridgehead atoms. The van der Waals surface area contributed by atoms with E-state index in [1.165, 1.54) is 12.8 Å². The van der Waals surface area contributed by atoms with Crippen LogP contribution in [-0.2, 0) is 0 Å². The Balaban J connectivity index is 2.65. The van der Waals surface area contributed by atoms with Crippen LogP contribution in [0.1, 0.15) is 33.1 Å². The molecule has 0 aliphatic rings. The Morgan fingerprint density at radius 3 is 2.20 bits per heavy atom. The molecule has 62 valence electrons. The van der Waals surface area contributed by atoms with Crippen molar-refractivity contribution < 1.29 is 0 Å². The molecule has 0 aliphatic carbocycles. The van der Waals surface area contributed by atoms with Crippen LogP contribution in [0.15, 0.2) is 0 Å². The minimum absolute atomic E-state index is 0.581. The van der Waals surface area contributed by atoms with Crippen LogP contribution < -0.4 is 0 Å². The summed E-state index contributed by atoms with van der Waals surface area (Å²) in [6, 6.07) is 3.37. The van der Waals surface area contributed by atoms with Crippen LogP contribution in [0.5, 0.6) is 0 Å². The van der Waals surface area contributed by atoms with Crippen LogP contribution in [0.2, 0.25) is 12.1 Å². The number of unbranched alkanes of at least 4 members (excludes halogenated alkanes) is 1. The second-order valence-electron chi connectivity index (χ2n) is 3.12. The molecule has 0 rings (SSSR count). The second kappa shape index (κ2) is 9.65. The highest BCUT2D eigenvalue weighted by atomic mass is 29.5. The van der Waals surface area contributed by atoms with Crippen LogP contribution in [0.25, 0.3) is 0 Å². The lowest BCUT2D eigenvalue weighted by Gasteiger charge is -1.95. The van der Waals surface area contributed by atoms with Gasteiger partial charge in [0, 0.05) is 18.1 Å². The first-order chi connectivity index (χ1) is 4.91. The summed E-state index contributed by atoms with van der Waals surface area (Å²) in [5.41, 5.74) is 0. The summed E-state index contributed by atoms with van der Waals surface area (Å²) in [6.07, 6.45) is 4.48. The molecule has 0 aromatic heterocycles. The average Bonchev–Trinajstić information content (AvgIpc) is 1.97. The van der Waals surface area contributed by atoms with Gasteiger partial charge in [0.25, 0.3) is 0 Å². The summed E-state index contributed by atoms with van der Waals surface area (Å²) in [6.45, 7) is 4.66. The van der Waals surface area contributed by atoms with Crippen molar-refractivity contribution in [3.05, 3.63) is 0 Å². The molecule has 0 atom stereocenters. The van der Waals surface area contributed by atoms with Gasteiger partial charge < -0.3 is 0 Å². The van der Waals surface area contributed by atoms with Crippen LogP contribution in [-0.4, -0.2) is 26.6 Å². The van der Waals surface area contributed by atoms with Gasteiger partial charge in [0.15, 0.2) is 0 Å². The third kappa shape index (κ3) is 8.65. The van der Waals surface area contributed by atoms with Crippen molar-refractivity contribution in [3.63, 3.8) is 0 Å². The standard InChI is InChI=1S/C7H22Si3/c1-3-5-7-9-10-8-6-4-2/h3-10H2,1-2H3. The average molecular weight is 191 g/mol. The van der Waals surface area contributed by atoms with E-state index >= 15 is 0 Å². The van der Waals surface area contributed by atoms with Crippen molar-refractivity contribution in [2.75, 3.05) is 0 Å². The molecule has 0 fully saturated rings. The Morgan fingerprint density at radius 1 is 0.900 bits per heavy atom.